The predicted octanol–water partition coefficient (Wildman–Crippen LogP) is -0.117. The SMILES string of the molecule is O=C(Nc1cocn1)N1CC(O)C1. The fourth-order valence-electron chi connectivity index (χ4n) is 1.08. The molecule has 0 aromatic carbocycles. The third-order valence-corrected chi connectivity index (χ3v) is 1.82. The molecule has 2 amide bonds. The molecule has 6 heteroatoms. The average molecular weight is 183 g/mol. The highest BCUT2D eigenvalue weighted by Crippen LogP contribution is 2.10. The van der Waals surface area contributed by atoms with E-state index in [0.717, 1.165) is 0 Å². The number of carbonyl (C=O) groups excluding carboxylic acids is 1. The van der Waals surface area contributed by atoms with Crippen molar-refractivity contribution in [2.75, 3.05) is 18.4 Å². The Bertz CT molecular complexity index is 292. The quantitative estimate of drug-likeness (QED) is 0.636. The second-order valence-corrected chi connectivity index (χ2v) is 2.86. The van der Waals surface area contributed by atoms with Crippen molar-refractivity contribution >= 4 is 11.8 Å². The van der Waals surface area contributed by atoms with Gasteiger partial charge in [0.15, 0.2) is 12.2 Å². The van der Waals surface area contributed by atoms with Gasteiger partial charge < -0.3 is 14.4 Å². The Hall–Kier alpha value is -1.56. The van der Waals surface area contributed by atoms with Crippen LogP contribution in [0.25, 0.3) is 0 Å². The molecule has 0 aliphatic carbocycles. The minimum absolute atomic E-state index is 0.265. The molecule has 1 aliphatic heterocycles. The first-order valence-corrected chi connectivity index (χ1v) is 3.88. The number of aromatic nitrogens is 1. The summed E-state index contributed by atoms with van der Waals surface area (Å²) >= 11 is 0. The number of nitrogens with one attached hydrogen (secondary N) is 1. The molecule has 0 radical (unpaired) electrons. The number of oxazole rings is 1. The molecule has 1 aromatic heterocycles. The normalized spacial score (nSPS) is 16.8. The zero-order valence-corrected chi connectivity index (χ0v) is 6.80. The van der Waals surface area contributed by atoms with Crippen LogP contribution in [-0.2, 0) is 0 Å². The number of β-amino-alcohol motifs (C(OH)–C–C–N with tert-alkyl or cyclic N) is 1. The van der Waals surface area contributed by atoms with Crippen molar-refractivity contribution in [3.05, 3.63) is 12.7 Å². The largest absolute Gasteiger partial charge is 0.449 e. The smallest absolute Gasteiger partial charge is 0.323 e. The van der Waals surface area contributed by atoms with Crippen LogP contribution in [0.15, 0.2) is 17.1 Å². The Morgan fingerprint density at radius 2 is 2.54 bits per heavy atom. The summed E-state index contributed by atoms with van der Waals surface area (Å²) < 4.78 is 4.67. The van der Waals surface area contributed by atoms with E-state index in [2.05, 4.69) is 14.7 Å². The summed E-state index contributed by atoms with van der Waals surface area (Å²) in [5.41, 5.74) is 0. The summed E-state index contributed by atoms with van der Waals surface area (Å²) in [6, 6.07) is -0.265. The predicted molar refractivity (Wildman–Crippen MR) is 43.1 cm³/mol. The summed E-state index contributed by atoms with van der Waals surface area (Å²) in [6.45, 7) is 0.757. The zero-order chi connectivity index (χ0) is 9.26. The van der Waals surface area contributed by atoms with Crippen molar-refractivity contribution < 1.29 is 14.3 Å². The molecule has 0 bridgehead atoms. The fraction of sp³-hybridized carbons (Fsp3) is 0.429. The van der Waals surface area contributed by atoms with Crippen LogP contribution in [0.1, 0.15) is 0 Å². The van der Waals surface area contributed by atoms with E-state index in [9.17, 15) is 4.79 Å². The summed E-state index contributed by atoms with van der Waals surface area (Å²) in [5, 5.41) is 11.5. The van der Waals surface area contributed by atoms with Gasteiger partial charge in [0.1, 0.15) is 6.26 Å². The van der Waals surface area contributed by atoms with Crippen molar-refractivity contribution in [2.24, 2.45) is 0 Å². The molecular formula is C7H9N3O3. The van der Waals surface area contributed by atoms with E-state index in [1.165, 1.54) is 17.6 Å². The highest BCUT2D eigenvalue weighted by Gasteiger charge is 2.28. The molecule has 1 aliphatic rings. The van der Waals surface area contributed by atoms with Crippen LogP contribution in [0.2, 0.25) is 0 Å². The Kier molecular flexibility index (Phi) is 1.90. The van der Waals surface area contributed by atoms with E-state index >= 15 is 0 Å². The van der Waals surface area contributed by atoms with Gasteiger partial charge in [0, 0.05) is 0 Å². The van der Waals surface area contributed by atoms with E-state index in [0.29, 0.717) is 18.9 Å². The summed E-state index contributed by atoms with van der Waals surface area (Å²) in [4.78, 5) is 16.5. The van der Waals surface area contributed by atoms with Gasteiger partial charge in [-0.15, -0.1) is 0 Å². The molecule has 1 saturated heterocycles. The third kappa shape index (κ3) is 1.62. The van der Waals surface area contributed by atoms with E-state index in [-0.39, 0.29) is 12.1 Å². The average Bonchev–Trinajstić information content (AvgIpc) is 2.51. The van der Waals surface area contributed by atoms with Crippen LogP contribution >= 0.6 is 0 Å². The molecule has 0 atom stereocenters. The molecule has 13 heavy (non-hydrogen) atoms. The molecule has 2 heterocycles. The van der Waals surface area contributed by atoms with Gasteiger partial charge in [-0.3, -0.25) is 5.32 Å². The lowest BCUT2D eigenvalue weighted by molar-refractivity contribution is 0.0308. The molecule has 0 unspecified atom stereocenters. The van der Waals surface area contributed by atoms with Gasteiger partial charge in [-0.2, -0.15) is 4.98 Å². The standard InChI is InChI=1S/C7H9N3O3/c11-5-1-10(2-5)7(12)9-6-3-13-4-8-6/h3-5,11H,1-2H2,(H,9,12). The number of nitrogens with zero attached hydrogens (tertiary/aromatic N) is 2. The molecule has 2 N–H and O–H groups in total. The van der Waals surface area contributed by atoms with Gasteiger partial charge in [0.2, 0.25) is 0 Å². The maximum atomic E-state index is 11.3. The number of hydrogen-bond acceptors (Lipinski definition) is 4. The molecule has 2 rings (SSSR count). The lowest BCUT2D eigenvalue weighted by Crippen LogP contribution is -2.54. The number of rotatable bonds is 1. The minimum atomic E-state index is -0.386. The molecule has 0 spiro atoms. The lowest BCUT2D eigenvalue weighted by atomic mass is 10.2. The summed E-state index contributed by atoms with van der Waals surface area (Å²) in [7, 11) is 0. The number of urea groups is 1. The highest BCUT2D eigenvalue weighted by molar-refractivity contribution is 5.88. The van der Waals surface area contributed by atoms with E-state index in [1.54, 1.807) is 0 Å². The number of likely N-dealkylation sites (tertiary alicyclic amines) is 1. The Morgan fingerprint density at radius 3 is 3.08 bits per heavy atom. The van der Waals surface area contributed by atoms with Crippen molar-refractivity contribution in [3.8, 4) is 0 Å². The van der Waals surface area contributed by atoms with Crippen molar-refractivity contribution in [1.29, 1.82) is 0 Å². The first kappa shape index (κ1) is 8.06. The van der Waals surface area contributed by atoms with Crippen molar-refractivity contribution in [1.82, 2.24) is 9.88 Å². The lowest BCUT2D eigenvalue weighted by Gasteiger charge is -2.35. The van der Waals surface area contributed by atoms with Gasteiger partial charge in [-0.1, -0.05) is 0 Å². The minimum Gasteiger partial charge on any atom is -0.449 e. The van der Waals surface area contributed by atoms with Gasteiger partial charge in [0.25, 0.3) is 0 Å². The van der Waals surface area contributed by atoms with Crippen LogP contribution in [0, 0.1) is 0 Å². The number of aliphatic hydroxyl groups excluding tert-OH is 1. The second-order valence-electron chi connectivity index (χ2n) is 2.86. The number of anilines is 1. The number of carbonyl (C=O) groups is 1. The topological polar surface area (TPSA) is 78.6 Å². The number of aliphatic hydroxyl groups is 1. The van der Waals surface area contributed by atoms with E-state index in [1.807, 2.05) is 0 Å². The van der Waals surface area contributed by atoms with Crippen molar-refractivity contribution in [3.63, 3.8) is 0 Å². The van der Waals surface area contributed by atoms with E-state index in [4.69, 9.17) is 5.11 Å². The Morgan fingerprint density at radius 1 is 1.77 bits per heavy atom. The van der Waals surface area contributed by atoms with Gasteiger partial charge in [-0.05, 0) is 0 Å². The Labute approximate surface area is 74.2 Å². The highest BCUT2D eigenvalue weighted by atomic mass is 16.3. The van der Waals surface area contributed by atoms with Crippen LogP contribution in [-0.4, -0.2) is 40.2 Å². The first-order chi connectivity index (χ1) is 6.25. The molecule has 1 fully saturated rings. The molecule has 1 aromatic rings. The van der Waals surface area contributed by atoms with Gasteiger partial charge >= 0.3 is 6.03 Å². The number of hydrogen-bond donors (Lipinski definition) is 2. The van der Waals surface area contributed by atoms with Crippen LogP contribution in [0.4, 0.5) is 10.6 Å². The number of amides is 2. The second kappa shape index (κ2) is 3.06. The van der Waals surface area contributed by atoms with Crippen LogP contribution < -0.4 is 5.32 Å². The molecule has 6 nitrogen and oxygen atoms in total. The maximum Gasteiger partial charge on any atom is 0.323 e. The molecular weight excluding hydrogens is 174 g/mol. The van der Waals surface area contributed by atoms with Crippen molar-refractivity contribution in [2.45, 2.75) is 6.10 Å². The monoisotopic (exact) mass is 183 g/mol. The van der Waals surface area contributed by atoms with Crippen LogP contribution in [0.3, 0.4) is 0 Å². The van der Waals surface area contributed by atoms with Crippen LogP contribution in [0.5, 0.6) is 0 Å². The molecule has 0 saturated carbocycles. The summed E-state index contributed by atoms with van der Waals surface area (Å²) in [5.74, 6) is 0.381. The first-order valence-electron chi connectivity index (χ1n) is 3.88. The Balaban J connectivity index is 1.86. The van der Waals surface area contributed by atoms with E-state index < -0.39 is 0 Å². The molecule has 70 valence electrons. The van der Waals surface area contributed by atoms with Gasteiger partial charge in [-0.25, -0.2) is 4.79 Å². The fourth-order valence-corrected chi connectivity index (χ4v) is 1.08. The third-order valence-electron chi connectivity index (χ3n) is 1.82. The summed E-state index contributed by atoms with van der Waals surface area (Å²) in [6.07, 6.45) is 2.19. The maximum absolute atomic E-state index is 11.3. The van der Waals surface area contributed by atoms with Gasteiger partial charge in [0.05, 0.1) is 19.2 Å². The zero-order valence-electron chi connectivity index (χ0n) is 6.80.